The minimum absolute atomic E-state index is 0.272. The highest BCUT2D eigenvalue weighted by Gasteiger charge is 2.10. The molecular weight excluding hydrogens is 376 g/mol. The number of nitrogens with zero attached hydrogens (tertiary/aromatic N) is 3. The Hall–Kier alpha value is -3.64. The maximum absolute atomic E-state index is 12.3. The van der Waals surface area contributed by atoms with Crippen molar-refractivity contribution in [1.29, 1.82) is 0 Å². The van der Waals surface area contributed by atoms with Crippen LogP contribution in [0.2, 0.25) is 5.02 Å². The average molecular weight is 391 g/mol. The van der Waals surface area contributed by atoms with Crippen molar-refractivity contribution in [1.82, 2.24) is 14.5 Å². The zero-order valence-corrected chi connectivity index (χ0v) is 15.4. The molecule has 2 aromatic heterocycles. The summed E-state index contributed by atoms with van der Waals surface area (Å²) in [6.45, 7) is 0. The molecule has 4 rings (SSSR count). The summed E-state index contributed by atoms with van der Waals surface area (Å²) in [6.07, 6.45) is 5.23. The number of benzene rings is 2. The largest absolute Gasteiger partial charge is 0.439 e. The summed E-state index contributed by atoms with van der Waals surface area (Å²) in [5.74, 6) is 1.45. The lowest BCUT2D eigenvalue weighted by Crippen LogP contribution is -2.12. The van der Waals surface area contributed by atoms with E-state index in [1.54, 1.807) is 54.6 Å². The van der Waals surface area contributed by atoms with Crippen LogP contribution < -0.4 is 10.1 Å². The van der Waals surface area contributed by atoms with E-state index in [2.05, 4.69) is 15.3 Å². The second kappa shape index (κ2) is 7.94. The zero-order chi connectivity index (χ0) is 19.3. The highest BCUT2D eigenvalue weighted by atomic mass is 35.5. The molecule has 1 amide bonds. The molecule has 0 atom stereocenters. The first-order valence-electron chi connectivity index (χ1n) is 8.48. The van der Waals surface area contributed by atoms with Crippen LogP contribution >= 0.6 is 11.6 Å². The Morgan fingerprint density at radius 3 is 2.46 bits per heavy atom. The molecule has 0 saturated heterocycles. The molecule has 2 heterocycles. The average Bonchev–Trinajstić information content (AvgIpc) is 3.25. The molecule has 2 aromatic carbocycles. The topological polar surface area (TPSA) is 69.0 Å². The number of carbonyl (C=O) groups is 1. The van der Waals surface area contributed by atoms with Gasteiger partial charge in [0.15, 0.2) is 0 Å². The van der Waals surface area contributed by atoms with E-state index in [4.69, 9.17) is 16.3 Å². The van der Waals surface area contributed by atoms with Crippen LogP contribution in [0, 0.1) is 0 Å². The summed E-state index contributed by atoms with van der Waals surface area (Å²) in [4.78, 5) is 20.7. The minimum Gasteiger partial charge on any atom is -0.439 e. The van der Waals surface area contributed by atoms with Gasteiger partial charge >= 0.3 is 0 Å². The third-order valence-electron chi connectivity index (χ3n) is 3.95. The summed E-state index contributed by atoms with van der Waals surface area (Å²) in [5, 5.41) is 3.21. The first-order valence-corrected chi connectivity index (χ1v) is 8.86. The Morgan fingerprint density at radius 2 is 1.71 bits per heavy atom. The monoisotopic (exact) mass is 390 g/mol. The van der Waals surface area contributed by atoms with E-state index in [1.165, 1.54) is 6.33 Å². The van der Waals surface area contributed by atoms with Crippen molar-refractivity contribution >= 4 is 23.2 Å². The predicted molar refractivity (Wildman–Crippen MR) is 107 cm³/mol. The lowest BCUT2D eigenvalue weighted by molar-refractivity contribution is 0.102. The number of aromatic nitrogens is 3. The number of halogens is 1. The molecule has 7 heteroatoms. The number of carbonyl (C=O) groups excluding carboxylic acids is 1. The summed E-state index contributed by atoms with van der Waals surface area (Å²) >= 11 is 6.06. The summed E-state index contributed by atoms with van der Waals surface area (Å²) in [6, 6.07) is 19.5. The Kier molecular flexibility index (Phi) is 5.03. The van der Waals surface area contributed by atoms with Gasteiger partial charge in [0.2, 0.25) is 5.88 Å². The van der Waals surface area contributed by atoms with E-state index in [9.17, 15) is 4.79 Å². The van der Waals surface area contributed by atoms with Gasteiger partial charge in [-0.15, -0.1) is 0 Å². The molecule has 0 unspecified atom stereocenters. The molecule has 138 valence electrons. The maximum Gasteiger partial charge on any atom is 0.257 e. The summed E-state index contributed by atoms with van der Waals surface area (Å²) < 4.78 is 7.65. The number of rotatable bonds is 5. The maximum atomic E-state index is 12.3. The second-order valence-corrected chi connectivity index (χ2v) is 6.27. The Bertz CT molecular complexity index is 1100. The van der Waals surface area contributed by atoms with Crippen LogP contribution in [0.4, 0.5) is 5.69 Å². The van der Waals surface area contributed by atoms with E-state index >= 15 is 0 Å². The number of hydrogen-bond acceptors (Lipinski definition) is 4. The summed E-state index contributed by atoms with van der Waals surface area (Å²) in [7, 11) is 0. The number of ether oxygens (including phenoxy) is 1. The lowest BCUT2D eigenvalue weighted by atomic mass is 10.2. The molecule has 1 N–H and O–H groups in total. The molecule has 6 nitrogen and oxygen atoms in total. The van der Waals surface area contributed by atoms with Gasteiger partial charge in [0.25, 0.3) is 5.91 Å². The van der Waals surface area contributed by atoms with Crippen LogP contribution in [0.15, 0.2) is 85.5 Å². The number of anilines is 1. The van der Waals surface area contributed by atoms with Crippen molar-refractivity contribution in [3.63, 3.8) is 0 Å². The van der Waals surface area contributed by atoms with Gasteiger partial charge in [0.1, 0.15) is 17.9 Å². The van der Waals surface area contributed by atoms with E-state index in [1.807, 2.05) is 29.1 Å². The lowest BCUT2D eigenvalue weighted by Gasteiger charge is -2.09. The van der Waals surface area contributed by atoms with Crippen LogP contribution in [-0.4, -0.2) is 20.4 Å². The molecule has 4 aromatic rings. The van der Waals surface area contributed by atoms with Crippen LogP contribution in [0.1, 0.15) is 10.4 Å². The fraction of sp³-hybridized carbons (Fsp3) is 0. The highest BCUT2D eigenvalue weighted by Crippen LogP contribution is 2.23. The third kappa shape index (κ3) is 4.02. The molecule has 0 spiro atoms. The van der Waals surface area contributed by atoms with E-state index in [-0.39, 0.29) is 5.91 Å². The molecule has 0 radical (unpaired) electrons. The van der Waals surface area contributed by atoms with Gasteiger partial charge in [-0.3, -0.25) is 4.79 Å². The van der Waals surface area contributed by atoms with Crippen LogP contribution in [0.25, 0.3) is 5.82 Å². The minimum atomic E-state index is -0.272. The van der Waals surface area contributed by atoms with Gasteiger partial charge in [-0.2, -0.15) is 0 Å². The fourth-order valence-corrected chi connectivity index (χ4v) is 2.81. The van der Waals surface area contributed by atoms with E-state index in [0.717, 1.165) is 0 Å². The quantitative estimate of drug-likeness (QED) is 0.522. The van der Waals surface area contributed by atoms with Crippen molar-refractivity contribution in [3.8, 4) is 17.4 Å². The molecule has 0 saturated carbocycles. The molecule has 0 fully saturated rings. The molecular formula is C21H15ClN4O2. The van der Waals surface area contributed by atoms with E-state index < -0.39 is 0 Å². The van der Waals surface area contributed by atoms with Crippen molar-refractivity contribution in [2.24, 2.45) is 0 Å². The summed E-state index contributed by atoms with van der Waals surface area (Å²) in [5.41, 5.74) is 1.05. The Morgan fingerprint density at radius 1 is 0.964 bits per heavy atom. The molecule has 0 aliphatic rings. The molecule has 0 aliphatic carbocycles. The van der Waals surface area contributed by atoms with Gasteiger partial charge in [-0.25, -0.2) is 9.97 Å². The zero-order valence-electron chi connectivity index (χ0n) is 14.6. The van der Waals surface area contributed by atoms with Gasteiger partial charge in [0, 0.05) is 24.1 Å². The number of nitrogens with one attached hydrogen (secondary N) is 1. The number of hydrogen-bond donors (Lipinski definition) is 1. The Balaban J connectivity index is 1.45. The van der Waals surface area contributed by atoms with Crippen LogP contribution in [0.5, 0.6) is 11.6 Å². The van der Waals surface area contributed by atoms with Crippen LogP contribution in [0.3, 0.4) is 0 Å². The Labute approximate surface area is 166 Å². The van der Waals surface area contributed by atoms with Crippen LogP contribution in [-0.2, 0) is 0 Å². The first-order chi connectivity index (χ1) is 13.7. The third-order valence-corrected chi connectivity index (χ3v) is 4.28. The normalized spacial score (nSPS) is 10.5. The first kappa shape index (κ1) is 17.8. The predicted octanol–water partition coefficient (Wildman–Crippen LogP) is 4.97. The standard InChI is InChI=1S/C21H15ClN4O2/c22-18-6-2-1-5-17(18)21(27)25-15-7-9-16(10-8-15)28-20-13-19(23-14-24-20)26-11-3-4-12-26/h1-14H,(H,25,27). The fourth-order valence-electron chi connectivity index (χ4n) is 2.59. The van der Waals surface area contributed by atoms with Gasteiger partial charge in [-0.05, 0) is 48.5 Å². The van der Waals surface area contributed by atoms with Crippen molar-refractivity contribution in [2.75, 3.05) is 5.32 Å². The molecule has 0 bridgehead atoms. The second-order valence-electron chi connectivity index (χ2n) is 5.87. The van der Waals surface area contributed by atoms with Crippen molar-refractivity contribution < 1.29 is 9.53 Å². The number of amides is 1. The molecule has 0 aliphatic heterocycles. The van der Waals surface area contributed by atoms with Gasteiger partial charge < -0.3 is 14.6 Å². The SMILES string of the molecule is O=C(Nc1ccc(Oc2cc(-n3cccc3)ncn2)cc1)c1ccccc1Cl. The van der Waals surface area contributed by atoms with Gasteiger partial charge in [0.05, 0.1) is 10.6 Å². The smallest absolute Gasteiger partial charge is 0.257 e. The van der Waals surface area contributed by atoms with E-state index in [0.29, 0.717) is 33.7 Å². The van der Waals surface area contributed by atoms with Crippen molar-refractivity contribution in [3.05, 3.63) is 96.0 Å². The molecule has 28 heavy (non-hydrogen) atoms. The van der Waals surface area contributed by atoms with Crippen molar-refractivity contribution in [2.45, 2.75) is 0 Å². The highest BCUT2D eigenvalue weighted by molar-refractivity contribution is 6.34. The van der Waals surface area contributed by atoms with Gasteiger partial charge in [-0.1, -0.05) is 23.7 Å².